The van der Waals surface area contributed by atoms with Crippen molar-refractivity contribution in [3.8, 4) is 5.75 Å². The molecule has 3 aromatic carbocycles. The van der Waals surface area contributed by atoms with E-state index in [0.717, 1.165) is 16.9 Å². The van der Waals surface area contributed by atoms with Crippen molar-refractivity contribution in [3.63, 3.8) is 0 Å². The molecule has 1 N–H and O–H groups in total. The minimum Gasteiger partial charge on any atom is -0.489 e. The molecule has 0 unspecified atom stereocenters. The smallest absolute Gasteiger partial charge is 0.271 e. The standard InChI is InChI=1S/C21H16Cl2N2O2/c22-18-7-1-16(2-8-18)14-27-20-11-3-15(4-12-20)13-24-25-21(26)17-5-9-19(23)10-6-17/h1-13H,14H2,(H,25,26)/b24-13-. The first-order valence-corrected chi connectivity index (χ1v) is 8.92. The number of amides is 1. The Kier molecular flexibility index (Phi) is 6.47. The number of halogens is 2. The van der Waals surface area contributed by atoms with Gasteiger partial charge < -0.3 is 4.74 Å². The third-order valence-electron chi connectivity index (χ3n) is 3.68. The molecule has 6 heteroatoms. The number of benzene rings is 3. The van der Waals surface area contributed by atoms with Gasteiger partial charge in [0.1, 0.15) is 12.4 Å². The van der Waals surface area contributed by atoms with Crippen LogP contribution in [0.15, 0.2) is 77.9 Å². The van der Waals surface area contributed by atoms with Crippen LogP contribution in [0, 0.1) is 0 Å². The molecule has 1 amide bonds. The summed E-state index contributed by atoms with van der Waals surface area (Å²) in [6.07, 6.45) is 1.57. The molecule has 4 nitrogen and oxygen atoms in total. The fourth-order valence-electron chi connectivity index (χ4n) is 2.23. The van der Waals surface area contributed by atoms with Crippen LogP contribution in [0.5, 0.6) is 5.75 Å². The molecule has 0 saturated carbocycles. The van der Waals surface area contributed by atoms with E-state index in [1.54, 1.807) is 30.5 Å². The van der Waals surface area contributed by atoms with Crippen molar-refractivity contribution < 1.29 is 9.53 Å². The molecule has 0 fully saturated rings. The summed E-state index contributed by atoms with van der Waals surface area (Å²) in [5, 5.41) is 5.24. The fraction of sp³-hybridized carbons (Fsp3) is 0.0476. The lowest BCUT2D eigenvalue weighted by Crippen LogP contribution is -2.17. The zero-order valence-electron chi connectivity index (χ0n) is 14.2. The normalized spacial score (nSPS) is 10.7. The van der Waals surface area contributed by atoms with Gasteiger partial charge in [0, 0.05) is 15.6 Å². The van der Waals surface area contributed by atoms with Gasteiger partial charge in [-0.3, -0.25) is 4.79 Å². The highest BCUT2D eigenvalue weighted by Gasteiger charge is 2.03. The van der Waals surface area contributed by atoms with E-state index in [1.807, 2.05) is 48.5 Å². The van der Waals surface area contributed by atoms with Gasteiger partial charge in [0.2, 0.25) is 0 Å². The van der Waals surface area contributed by atoms with E-state index in [0.29, 0.717) is 22.2 Å². The third kappa shape index (κ3) is 5.84. The second-order valence-corrected chi connectivity index (χ2v) is 6.56. The second kappa shape index (κ2) is 9.21. The minimum atomic E-state index is -0.300. The van der Waals surface area contributed by atoms with Crippen molar-refractivity contribution in [1.29, 1.82) is 0 Å². The Morgan fingerprint density at radius 1 is 0.889 bits per heavy atom. The van der Waals surface area contributed by atoms with Crippen LogP contribution in [0.4, 0.5) is 0 Å². The number of hydrogen-bond acceptors (Lipinski definition) is 3. The first-order valence-electron chi connectivity index (χ1n) is 8.16. The summed E-state index contributed by atoms with van der Waals surface area (Å²) in [4.78, 5) is 11.9. The van der Waals surface area contributed by atoms with Crippen LogP contribution in [0.1, 0.15) is 21.5 Å². The highest BCUT2D eigenvalue weighted by Crippen LogP contribution is 2.15. The molecular formula is C21H16Cl2N2O2. The molecule has 0 atom stereocenters. The highest BCUT2D eigenvalue weighted by molar-refractivity contribution is 6.30. The lowest BCUT2D eigenvalue weighted by molar-refractivity contribution is 0.0955. The molecule has 0 radical (unpaired) electrons. The highest BCUT2D eigenvalue weighted by atomic mass is 35.5. The zero-order chi connectivity index (χ0) is 19.1. The third-order valence-corrected chi connectivity index (χ3v) is 4.19. The van der Waals surface area contributed by atoms with Gasteiger partial charge in [-0.2, -0.15) is 5.10 Å². The first-order chi connectivity index (χ1) is 13.1. The van der Waals surface area contributed by atoms with E-state index in [2.05, 4.69) is 10.5 Å². The van der Waals surface area contributed by atoms with E-state index in [-0.39, 0.29) is 5.91 Å². The number of nitrogens with zero attached hydrogens (tertiary/aromatic N) is 1. The number of carbonyl (C=O) groups excluding carboxylic acids is 1. The maximum Gasteiger partial charge on any atom is 0.271 e. The van der Waals surface area contributed by atoms with Crippen LogP contribution >= 0.6 is 23.2 Å². The molecule has 0 heterocycles. The molecule has 0 saturated heterocycles. The maximum absolute atomic E-state index is 11.9. The van der Waals surface area contributed by atoms with Gasteiger partial charge in [0.15, 0.2) is 0 Å². The molecule has 0 aliphatic heterocycles. The van der Waals surface area contributed by atoms with Crippen LogP contribution in [0.25, 0.3) is 0 Å². The van der Waals surface area contributed by atoms with Crippen molar-refractivity contribution in [2.75, 3.05) is 0 Å². The maximum atomic E-state index is 11.9. The average Bonchev–Trinajstić information content (AvgIpc) is 2.69. The van der Waals surface area contributed by atoms with Gasteiger partial charge >= 0.3 is 0 Å². The Balaban J connectivity index is 1.50. The quantitative estimate of drug-likeness (QED) is 0.450. The molecule has 3 aromatic rings. The van der Waals surface area contributed by atoms with Gasteiger partial charge in [-0.15, -0.1) is 0 Å². The van der Waals surface area contributed by atoms with E-state index >= 15 is 0 Å². The predicted octanol–water partition coefficient (Wildman–Crippen LogP) is 5.34. The Morgan fingerprint density at radius 3 is 2.11 bits per heavy atom. The van der Waals surface area contributed by atoms with Crippen LogP contribution in [-0.2, 0) is 6.61 Å². The first kappa shape index (κ1) is 19.0. The summed E-state index contributed by atoms with van der Waals surface area (Å²) < 4.78 is 5.73. The molecule has 27 heavy (non-hydrogen) atoms. The largest absolute Gasteiger partial charge is 0.489 e. The summed E-state index contributed by atoms with van der Waals surface area (Å²) in [6, 6.07) is 21.5. The second-order valence-electron chi connectivity index (χ2n) is 5.69. The minimum absolute atomic E-state index is 0.300. The summed E-state index contributed by atoms with van der Waals surface area (Å²) >= 11 is 11.7. The molecule has 0 bridgehead atoms. The average molecular weight is 399 g/mol. The van der Waals surface area contributed by atoms with E-state index in [9.17, 15) is 4.79 Å². The van der Waals surface area contributed by atoms with Gasteiger partial charge in [0.05, 0.1) is 6.21 Å². The predicted molar refractivity (Wildman–Crippen MR) is 109 cm³/mol. The SMILES string of the molecule is O=C(N/N=C\c1ccc(OCc2ccc(Cl)cc2)cc1)c1ccc(Cl)cc1. The van der Waals surface area contributed by atoms with E-state index in [1.165, 1.54) is 0 Å². The lowest BCUT2D eigenvalue weighted by Gasteiger charge is -2.06. The molecule has 136 valence electrons. The number of nitrogens with one attached hydrogen (secondary N) is 1. The topological polar surface area (TPSA) is 50.7 Å². The Morgan fingerprint density at radius 2 is 1.48 bits per heavy atom. The summed E-state index contributed by atoms with van der Waals surface area (Å²) in [6.45, 7) is 0.460. The molecule has 0 aliphatic rings. The van der Waals surface area contributed by atoms with E-state index < -0.39 is 0 Å². The molecule has 3 rings (SSSR count). The van der Waals surface area contributed by atoms with E-state index in [4.69, 9.17) is 27.9 Å². The Labute approximate surface area is 167 Å². The molecule has 0 spiro atoms. The van der Waals surface area contributed by atoms with Crippen LogP contribution in [0.2, 0.25) is 10.0 Å². The number of hydrazone groups is 1. The van der Waals surface area contributed by atoms with Gasteiger partial charge in [0.25, 0.3) is 5.91 Å². The van der Waals surface area contributed by atoms with Crippen molar-refractivity contribution in [3.05, 3.63) is 99.5 Å². The van der Waals surface area contributed by atoms with Crippen molar-refractivity contribution in [2.24, 2.45) is 5.10 Å². The van der Waals surface area contributed by atoms with Gasteiger partial charge in [-0.1, -0.05) is 35.3 Å². The molecular weight excluding hydrogens is 383 g/mol. The van der Waals surface area contributed by atoms with Gasteiger partial charge in [-0.05, 0) is 71.8 Å². The summed E-state index contributed by atoms with van der Waals surface area (Å²) in [5.74, 6) is 0.443. The molecule has 0 aliphatic carbocycles. The van der Waals surface area contributed by atoms with Crippen LogP contribution in [-0.4, -0.2) is 12.1 Å². The fourth-order valence-corrected chi connectivity index (χ4v) is 2.48. The number of rotatable bonds is 6. The number of hydrogen-bond donors (Lipinski definition) is 1. The monoisotopic (exact) mass is 398 g/mol. The lowest BCUT2D eigenvalue weighted by atomic mass is 10.2. The molecule has 0 aromatic heterocycles. The van der Waals surface area contributed by atoms with Crippen LogP contribution < -0.4 is 10.2 Å². The van der Waals surface area contributed by atoms with Crippen molar-refractivity contribution in [1.82, 2.24) is 5.43 Å². The van der Waals surface area contributed by atoms with Crippen molar-refractivity contribution in [2.45, 2.75) is 6.61 Å². The summed E-state index contributed by atoms with van der Waals surface area (Å²) in [5.41, 5.74) is 4.84. The number of ether oxygens (including phenoxy) is 1. The summed E-state index contributed by atoms with van der Waals surface area (Å²) in [7, 11) is 0. The van der Waals surface area contributed by atoms with Crippen LogP contribution in [0.3, 0.4) is 0 Å². The Bertz CT molecular complexity index is 922. The Hall–Kier alpha value is -2.82. The zero-order valence-corrected chi connectivity index (χ0v) is 15.7. The van der Waals surface area contributed by atoms with Crippen molar-refractivity contribution >= 4 is 35.3 Å². The van der Waals surface area contributed by atoms with Gasteiger partial charge in [-0.25, -0.2) is 5.43 Å². The number of carbonyl (C=O) groups is 1.